The van der Waals surface area contributed by atoms with Gasteiger partial charge in [0.1, 0.15) is 11.6 Å². The summed E-state index contributed by atoms with van der Waals surface area (Å²) in [5.41, 5.74) is 0.405. The maximum Gasteiger partial charge on any atom is 0.237 e. The SMILES string of the molecule is N#Cc1ccc(Oc2ncccc2C#N)c(F)c1. The van der Waals surface area contributed by atoms with Crippen molar-refractivity contribution < 1.29 is 9.13 Å². The van der Waals surface area contributed by atoms with Crippen LogP contribution in [0.5, 0.6) is 11.6 Å². The lowest BCUT2D eigenvalue weighted by molar-refractivity contribution is 0.426. The van der Waals surface area contributed by atoms with E-state index >= 15 is 0 Å². The second kappa shape index (κ2) is 4.94. The van der Waals surface area contributed by atoms with Gasteiger partial charge in [-0.15, -0.1) is 0 Å². The highest BCUT2D eigenvalue weighted by Crippen LogP contribution is 2.25. The number of ether oxygens (including phenoxy) is 1. The van der Waals surface area contributed by atoms with E-state index in [1.807, 2.05) is 12.1 Å². The lowest BCUT2D eigenvalue weighted by atomic mass is 10.2. The number of nitrogens with zero attached hydrogens (tertiary/aromatic N) is 3. The fourth-order valence-corrected chi connectivity index (χ4v) is 1.31. The number of rotatable bonds is 2. The van der Waals surface area contributed by atoms with Crippen LogP contribution < -0.4 is 4.74 Å². The van der Waals surface area contributed by atoms with Crippen LogP contribution in [0.25, 0.3) is 0 Å². The molecule has 5 heteroatoms. The van der Waals surface area contributed by atoms with Gasteiger partial charge in [0.2, 0.25) is 5.88 Å². The van der Waals surface area contributed by atoms with Gasteiger partial charge in [-0.05, 0) is 30.3 Å². The molecule has 0 aliphatic heterocycles. The van der Waals surface area contributed by atoms with Crippen molar-refractivity contribution in [2.75, 3.05) is 0 Å². The summed E-state index contributed by atoms with van der Waals surface area (Å²) in [5.74, 6) is -0.726. The van der Waals surface area contributed by atoms with Crippen molar-refractivity contribution in [3.63, 3.8) is 0 Å². The zero-order valence-electron chi connectivity index (χ0n) is 9.09. The maximum absolute atomic E-state index is 13.6. The minimum atomic E-state index is -0.677. The molecule has 0 saturated carbocycles. The van der Waals surface area contributed by atoms with Crippen LogP contribution in [0.4, 0.5) is 4.39 Å². The smallest absolute Gasteiger partial charge is 0.237 e. The van der Waals surface area contributed by atoms with Crippen molar-refractivity contribution in [1.82, 2.24) is 4.98 Å². The predicted molar refractivity (Wildman–Crippen MR) is 60.1 cm³/mol. The Morgan fingerprint density at radius 3 is 2.67 bits per heavy atom. The number of hydrogen-bond acceptors (Lipinski definition) is 4. The van der Waals surface area contributed by atoms with Crippen molar-refractivity contribution in [3.8, 4) is 23.8 Å². The number of nitriles is 2. The van der Waals surface area contributed by atoms with Gasteiger partial charge in [-0.2, -0.15) is 10.5 Å². The maximum atomic E-state index is 13.6. The lowest BCUT2D eigenvalue weighted by Crippen LogP contribution is -1.94. The average molecular weight is 239 g/mol. The molecular weight excluding hydrogens is 233 g/mol. The van der Waals surface area contributed by atoms with Gasteiger partial charge in [-0.3, -0.25) is 0 Å². The van der Waals surface area contributed by atoms with E-state index in [-0.39, 0.29) is 22.8 Å². The van der Waals surface area contributed by atoms with Gasteiger partial charge < -0.3 is 4.74 Å². The normalized spacial score (nSPS) is 9.28. The standard InChI is InChI=1S/C13H6FN3O/c14-11-6-9(7-15)3-4-12(11)18-13-10(8-16)2-1-5-17-13/h1-6H. The third-order valence-corrected chi connectivity index (χ3v) is 2.16. The van der Waals surface area contributed by atoms with Gasteiger partial charge in [-0.1, -0.05) is 0 Å². The second-order valence-corrected chi connectivity index (χ2v) is 3.33. The first-order chi connectivity index (χ1) is 8.74. The van der Waals surface area contributed by atoms with Crippen molar-refractivity contribution in [3.05, 3.63) is 53.5 Å². The zero-order chi connectivity index (χ0) is 13.0. The van der Waals surface area contributed by atoms with E-state index in [2.05, 4.69) is 4.98 Å². The first-order valence-corrected chi connectivity index (χ1v) is 4.97. The van der Waals surface area contributed by atoms with E-state index in [4.69, 9.17) is 15.3 Å². The largest absolute Gasteiger partial charge is 0.435 e. The number of halogens is 1. The monoisotopic (exact) mass is 239 g/mol. The van der Waals surface area contributed by atoms with E-state index in [1.165, 1.54) is 24.4 Å². The Morgan fingerprint density at radius 1 is 1.17 bits per heavy atom. The molecule has 0 atom stereocenters. The van der Waals surface area contributed by atoms with Crippen LogP contribution in [-0.4, -0.2) is 4.98 Å². The summed E-state index contributed by atoms with van der Waals surface area (Å²) < 4.78 is 18.8. The molecule has 0 fully saturated rings. The lowest BCUT2D eigenvalue weighted by Gasteiger charge is -2.06. The molecule has 1 aromatic carbocycles. The fraction of sp³-hybridized carbons (Fsp3) is 0. The molecule has 4 nitrogen and oxygen atoms in total. The molecule has 0 aliphatic rings. The molecule has 2 rings (SSSR count). The molecule has 0 N–H and O–H groups in total. The minimum absolute atomic E-state index is 0.0311. The molecule has 18 heavy (non-hydrogen) atoms. The highest BCUT2D eigenvalue weighted by atomic mass is 19.1. The second-order valence-electron chi connectivity index (χ2n) is 3.33. The van der Waals surface area contributed by atoms with Crippen LogP contribution in [-0.2, 0) is 0 Å². The molecule has 0 aliphatic carbocycles. The van der Waals surface area contributed by atoms with E-state index < -0.39 is 5.82 Å². The van der Waals surface area contributed by atoms with Crippen molar-refractivity contribution in [1.29, 1.82) is 10.5 Å². The fourth-order valence-electron chi connectivity index (χ4n) is 1.31. The van der Waals surface area contributed by atoms with E-state index in [9.17, 15) is 4.39 Å². The number of aromatic nitrogens is 1. The Morgan fingerprint density at radius 2 is 2.00 bits per heavy atom. The molecule has 0 radical (unpaired) electrons. The average Bonchev–Trinajstić information content (AvgIpc) is 2.41. The highest BCUT2D eigenvalue weighted by Gasteiger charge is 2.09. The summed E-state index contributed by atoms with van der Waals surface area (Å²) >= 11 is 0. The van der Waals surface area contributed by atoms with E-state index in [0.29, 0.717) is 0 Å². The third kappa shape index (κ3) is 2.26. The van der Waals surface area contributed by atoms with Gasteiger partial charge >= 0.3 is 0 Å². The summed E-state index contributed by atoms with van der Waals surface area (Å²) in [6, 6.07) is 10.6. The first-order valence-electron chi connectivity index (χ1n) is 4.97. The Balaban J connectivity index is 2.36. The van der Waals surface area contributed by atoms with Gasteiger partial charge in [-0.25, -0.2) is 9.37 Å². The quantitative estimate of drug-likeness (QED) is 0.807. The molecule has 0 bridgehead atoms. The zero-order valence-corrected chi connectivity index (χ0v) is 9.09. The van der Waals surface area contributed by atoms with Crippen molar-refractivity contribution in [2.45, 2.75) is 0 Å². The molecule has 0 unspecified atom stereocenters. The molecule has 2 aromatic rings. The van der Waals surface area contributed by atoms with Crippen LogP contribution in [0.15, 0.2) is 36.5 Å². The summed E-state index contributed by atoms with van der Waals surface area (Å²) in [7, 11) is 0. The Labute approximate surface area is 103 Å². The van der Waals surface area contributed by atoms with Crippen molar-refractivity contribution >= 4 is 0 Å². The number of hydrogen-bond donors (Lipinski definition) is 0. The summed E-state index contributed by atoms with van der Waals surface area (Å²) in [5, 5.41) is 17.5. The van der Waals surface area contributed by atoms with Crippen molar-refractivity contribution in [2.24, 2.45) is 0 Å². The summed E-state index contributed by atoms with van der Waals surface area (Å²) in [4.78, 5) is 3.85. The molecule has 1 aromatic heterocycles. The third-order valence-electron chi connectivity index (χ3n) is 2.16. The van der Waals surface area contributed by atoms with Gasteiger partial charge in [0, 0.05) is 6.20 Å². The van der Waals surface area contributed by atoms with Crippen LogP contribution in [0, 0.1) is 28.5 Å². The molecule has 1 heterocycles. The summed E-state index contributed by atoms with van der Waals surface area (Å²) in [6.45, 7) is 0. The van der Waals surface area contributed by atoms with Crippen LogP contribution in [0.2, 0.25) is 0 Å². The van der Waals surface area contributed by atoms with Gasteiger partial charge in [0.15, 0.2) is 11.6 Å². The van der Waals surface area contributed by atoms with Gasteiger partial charge in [0.25, 0.3) is 0 Å². The van der Waals surface area contributed by atoms with Crippen LogP contribution in [0.3, 0.4) is 0 Å². The van der Waals surface area contributed by atoms with Gasteiger partial charge in [0.05, 0.1) is 11.6 Å². The first kappa shape index (κ1) is 11.6. The van der Waals surface area contributed by atoms with E-state index in [1.54, 1.807) is 6.07 Å². The Hall–Kier alpha value is -2.92. The highest BCUT2D eigenvalue weighted by molar-refractivity contribution is 5.42. The Bertz CT molecular complexity index is 671. The van der Waals surface area contributed by atoms with Crippen LogP contribution in [0.1, 0.15) is 11.1 Å². The molecule has 0 amide bonds. The molecule has 86 valence electrons. The number of pyridine rings is 1. The molecular formula is C13H6FN3O. The Kier molecular flexibility index (Phi) is 3.17. The minimum Gasteiger partial charge on any atom is -0.435 e. The summed E-state index contributed by atoms with van der Waals surface area (Å²) in [6.07, 6.45) is 1.44. The predicted octanol–water partition coefficient (Wildman–Crippen LogP) is 2.76. The van der Waals surface area contributed by atoms with Crippen LogP contribution >= 0.6 is 0 Å². The number of benzene rings is 1. The topological polar surface area (TPSA) is 69.7 Å². The molecule has 0 saturated heterocycles. The van der Waals surface area contributed by atoms with E-state index in [0.717, 1.165) is 6.07 Å². The molecule has 0 spiro atoms.